The first kappa shape index (κ1) is 12.7. The van der Waals surface area contributed by atoms with Crippen molar-refractivity contribution in [1.29, 1.82) is 0 Å². The fourth-order valence-corrected chi connectivity index (χ4v) is 2.11. The van der Waals surface area contributed by atoms with Gasteiger partial charge in [-0.15, -0.1) is 11.3 Å². The highest BCUT2D eigenvalue weighted by atomic mass is 32.1. The number of methoxy groups -OCH3 is 1. The molecule has 0 spiro atoms. The molecule has 1 N–H and O–H groups in total. The molecule has 1 amide bonds. The van der Waals surface area contributed by atoms with Gasteiger partial charge in [-0.05, 0) is 24.3 Å². The molecule has 94 valence electrons. The Labute approximate surface area is 107 Å². The van der Waals surface area contributed by atoms with Crippen molar-refractivity contribution in [3.8, 4) is 11.3 Å². The Balaban J connectivity index is 2.10. The maximum absolute atomic E-state index is 12.8. The van der Waals surface area contributed by atoms with Gasteiger partial charge in [0.1, 0.15) is 12.4 Å². The number of ether oxygens (including phenoxy) is 1. The number of carbonyl (C=O) groups is 1. The van der Waals surface area contributed by atoms with Gasteiger partial charge in [-0.2, -0.15) is 0 Å². The van der Waals surface area contributed by atoms with E-state index in [0.717, 1.165) is 5.56 Å². The third-order valence-corrected chi connectivity index (χ3v) is 2.92. The first-order chi connectivity index (χ1) is 8.69. The van der Waals surface area contributed by atoms with Gasteiger partial charge < -0.3 is 4.74 Å². The Bertz CT molecular complexity index is 539. The van der Waals surface area contributed by atoms with Gasteiger partial charge in [0, 0.05) is 18.1 Å². The summed E-state index contributed by atoms with van der Waals surface area (Å²) in [7, 11) is 1.45. The summed E-state index contributed by atoms with van der Waals surface area (Å²) in [6, 6.07) is 6.03. The molecular weight excluding hydrogens is 255 g/mol. The molecule has 0 atom stereocenters. The van der Waals surface area contributed by atoms with Crippen LogP contribution in [-0.2, 0) is 9.53 Å². The lowest BCUT2D eigenvalue weighted by molar-refractivity contribution is -0.119. The molecule has 0 saturated heterocycles. The quantitative estimate of drug-likeness (QED) is 0.925. The van der Waals surface area contributed by atoms with Crippen LogP contribution in [0.15, 0.2) is 29.6 Å². The zero-order valence-corrected chi connectivity index (χ0v) is 10.5. The standard InChI is InChI=1S/C12H11FN2O2S/c1-17-6-11(16)15-12-14-10(7-18-12)8-2-4-9(13)5-3-8/h2-5,7H,6H2,1H3,(H,14,15,16). The summed E-state index contributed by atoms with van der Waals surface area (Å²) in [4.78, 5) is 15.5. The van der Waals surface area contributed by atoms with Gasteiger partial charge >= 0.3 is 0 Å². The van der Waals surface area contributed by atoms with Gasteiger partial charge in [-0.3, -0.25) is 10.1 Å². The number of thiazole rings is 1. The monoisotopic (exact) mass is 266 g/mol. The average Bonchev–Trinajstić information content (AvgIpc) is 2.78. The van der Waals surface area contributed by atoms with E-state index >= 15 is 0 Å². The van der Waals surface area contributed by atoms with E-state index in [9.17, 15) is 9.18 Å². The van der Waals surface area contributed by atoms with Crippen molar-refractivity contribution in [1.82, 2.24) is 4.98 Å². The molecule has 1 aromatic heterocycles. The Morgan fingerprint density at radius 3 is 2.83 bits per heavy atom. The van der Waals surface area contributed by atoms with E-state index in [2.05, 4.69) is 10.3 Å². The summed E-state index contributed by atoms with van der Waals surface area (Å²) < 4.78 is 17.5. The zero-order chi connectivity index (χ0) is 13.0. The zero-order valence-electron chi connectivity index (χ0n) is 9.64. The molecule has 2 rings (SSSR count). The minimum Gasteiger partial charge on any atom is -0.375 e. The van der Waals surface area contributed by atoms with Crippen LogP contribution in [0.25, 0.3) is 11.3 Å². The second-order valence-electron chi connectivity index (χ2n) is 3.53. The third-order valence-electron chi connectivity index (χ3n) is 2.17. The SMILES string of the molecule is COCC(=O)Nc1nc(-c2ccc(F)cc2)cs1. The summed E-state index contributed by atoms with van der Waals surface area (Å²) >= 11 is 1.31. The fourth-order valence-electron chi connectivity index (χ4n) is 1.37. The fraction of sp³-hybridized carbons (Fsp3) is 0.167. The van der Waals surface area contributed by atoms with Crippen LogP contribution in [-0.4, -0.2) is 24.6 Å². The van der Waals surface area contributed by atoms with Crippen molar-refractivity contribution < 1.29 is 13.9 Å². The number of halogens is 1. The van der Waals surface area contributed by atoms with Gasteiger partial charge in [0.25, 0.3) is 5.91 Å². The molecule has 0 aliphatic rings. The first-order valence-electron chi connectivity index (χ1n) is 5.19. The molecule has 0 radical (unpaired) electrons. The third kappa shape index (κ3) is 3.12. The second kappa shape index (κ2) is 5.70. The van der Waals surface area contributed by atoms with E-state index in [0.29, 0.717) is 10.8 Å². The van der Waals surface area contributed by atoms with Crippen LogP contribution < -0.4 is 5.32 Å². The normalized spacial score (nSPS) is 10.3. The number of hydrogen-bond acceptors (Lipinski definition) is 4. The molecule has 0 bridgehead atoms. The van der Waals surface area contributed by atoms with Crippen molar-refractivity contribution in [2.75, 3.05) is 19.0 Å². The van der Waals surface area contributed by atoms with Crippen LogP contribution in [0.4, 0.5) is 9.52 Å². The second-order valence-corrected chi connectivity index (χ2v) is 4.38. The number of carbonyl (C=O) groups excluding carboxylic acids is 1. The molecule has 6 heteroatoms. The Kier molecular flexibility index (Phi) is 4.01. The highest BCUT2D eigenvalue weighted by Gasteiger charge is 2.07. The molecule has 2 aromatic rings. The molecule has 0 saturated carbocycles. The van der Waals surface area contributed by atoms with Crippen LogP contribution in [0.5, 0.6) is 0 Å². The van der Waals surface area contributed by atoms with Crippen molar-refractivity contribution in [2.45, 2.75) is 0 Å². The summed E-state index contributed by atoms with van der Waals surface area (Å²) in [5, 5.41) is 4.91. The van der Waals surface area contributed by atoms with Gasteiger partial charge in [0.05, 0.1) is 5.69 Å². The van der Waals surface area contributed by atoms with Crippen molar-refractivity contribution in [3.05, 3.63) is 35.5 Å². The molecule has 0 aliphatic carbocycles. The minimum atomic E-state index is -0.289. The number of hydrogen-bond donors (Lipinski definition) is 1. The van der Waals surface area contributed by atoms with Gasteiger partial charge in [-0.1, -0.05) is 0 Å². The molecule has 0 fully saturated rings. The van der Waals surface area contributed by atoms with E-state index in [-0.39, 0.29) is 18.3 Å². The lowest BCUT2D eigenvalue weighted by Crippen LogP contribution is -2.16. The van der Waals surface area contributed by atoms with Crippen LogP contribution in [0.1, 0.15) is 0 Å². The maximum atomic E-state index is 12.8. The Hall–Kier alpha value is -1.79. The topological polar surface area (TPSA) is 51.2 Å². The van der Waals surface area contributed by atoms with Crippen LogP contribution >= 0.6 is 11.3 Å². The lowest BCUT2D eigenvalue weighted by atomic mass is 10.2. The average molecular weight is 266 g/mol. The minimum absolute atomic E-state index is 0.00847. The first-order valence-corrected chi connectivity index (χ1v) is 6.07. The number of aromatic nitrogens is 1. The van der Waals surface area contributed by atoms with Crippen molar-refractivity contribution >= 4 is 22.4 Å². The predicted octanol–water partition coefficient (Wildman–Crippen LogP) is 2.53. The largest absolute Gasteiger partial charge is 0.375 e. The summed E-state index contributed by atoms with van der Waals surface area (Å²) in [5.41, 5.74) is 1.51. The van der Waals surface area contributed by atoms with Crippen molar-refractivity contribution in [3.63, 3.8) is 0 Å². The molecule has 4 nitrogen and oxygen atoms in total. The highest BCUT2D eigenvalue weighted by molar-refractivity contribution is 7.14. The molecule has 0 unspecified atom stereocenters. The number of nitrogens with zero attached hydrogens (tertiary/aromatic N) is 1. The highest BCUT2D eigenvalue weighted by Crippen LogP contribution is 2.24. The van der Waals surface area contributed by atoms with Gasteiger partial charge in [-0.25, -0.2) is 9.37 Å². The number of amides is 1. The van der Waals surface area contributed by atoms with E-state index in [1.54, 1.807) is 17.5 Å². The summed E-state index contributed by atoms with van der Waals surface area (Å²) in [5.74, 6) is -0.542. The molecule has 1 aromatic carbocycles. The Morgan fingerprint density at radius 1 is 1.44 bits per heavy atom. The van der Waals surface area contributed by atoms with Crippen LogP contribution in [0.3, 0.4) is 0 Å². The van der Waals surface area contributed by atoms with E-state index in [1.807, 2.05) is 0 Å². The van der Waals surface area contributed by atoms with Crippen molar-refractivity contribution in [2.24, 2.45) is 0 Å². The van der Waals surface area contributed by atoms with Gasteiger partial charge in [0.2, 0.25) is 0 Å². The molecular formula is C12H11FN2O2S. The predicted molar refractivity (Wildman–Crippen MR) is 68.0 cm³/mol. The molecule has 1 heterocycles. The maximum Gasteiger partial charge on any atom is 0.252 e. The number of benzene rings is 1. The van der Waals surface area contributed by atoms with E-state index in [4.69, 9.17) is 4.74 Å². The van der Waals surface area contributed by atoms with E-state index < -0.39 is 0 Å². The smallest absolute Gasteiger partial charge is 0.252 e. The number of nitrogens with one attached hydrogen (secondary N) is 1. The summed E-state index contributed by atoms with van der Waals surface area (Å²) in [6.45, 7) is -0.00847. The molecule has 0 aliphatic heterocycles. The van der Waals surface area contributed by atoms with Gasteiger partial charge in [0.15, 0.2) is 5.13 Å². The lowest BCUT2D eigenvalue weighted by Gasteiger charge is -1.99. The number of anilines is 1. The molecule has 18 heavy (non-hydrogen) atoms. The Morgan fingerprint density at radius 2 is 2.17 bits per heavy atom. The van der Waals surface area contributed by atoms with Crippen LogP contribution in [0, 0.1) is 5.82 Å². The van der Waals surface area contributed by atoms with Crippen LogP contribution in [0.2, 0.25) is 0 Å². The van der Waals surface area contributed by atoms with E-state index in [1.165, 1.54) is 30.6 Å². The summed E-state index contributed by atoms with van der Waals surface area (Å²) in [6.07, 6.45) is 0. The number of rotatable bonds is 4.